The molecule has 1 aromatic carbocycles. The first-order valence-corrected chi connectivity index (χ1v) is 7.37. The van der Waals surface area contributed by atoms with Gasteiger partial charge in [0, 0.05) is 23.9 Å². The highest BCUT2D eigenvalue weighted by atomic mass is 32.1. The predicted molar refractivity (Wildman–Crippen MR) is 81.0 cm³/mol. The van der Waals surface area contributed by atoms with E-state index in [1.165, 1.54) is 23.5 Å². The molecule has 0 aliphatic carbocycles. The van der Waals surface area contributed by atoms with Crippen molar-refractivity contribution in [2.75, 3.05) is 11.9 Å². The van der Waals surface area contributed by atoms with Crippen LogP contribution in [0.5, 0.6) is 0 Å². The van der Waals surface area contributed by atoms with Gasteiger partial charge in [-0.15, -0.1) is 0 Å². The van der Waals surface area contributed by atoms with E-state index >= 15 is 0 Å². The molecule has 0 atom stereocenters. The number of nitrogens with one attached hydrogen (secondary N) is 2. The van der Waals surface area contributed by atoms with Crippen molar-refractivity contribution in [3.05, 3.63) is 52.0 Å². The highest BCUT2D eigenvalue weighted by Gasteiger charge is 2.09. The quantitative estimate of drug-likeness (QED) is 0.892. The summed E-state index contributed by atoms with van der Waals surface area (Å²) in [5, 5.41) is 8.66. The Balaban J connectivity index is 1.78. The molecule has 0 unspecified atom stereocenters. The van der Waals surface area contributed by atoms with Gasteiger partial charge in [-0.2, -0.15) is 11.3 Å². The topological polar surface area (TPSA) is 58.2 Å². The molecule has 2 N–H and O–H groups in total. The number of halogens is 1. The Morgan fingerprint density at radius 1 is 1.29 bits per heavy atom. The lowest BCUT2D eigenvalue weighted by Gasteiger charge is -2.07. The van der Waals surface area contributed by atoms with Crippen LogP contribution in [0.1, 0.15) is 22.3 Å². The molecule has 110 valence electrons. The normalized spacial score (nSPS) is 10.2. The zero-order chi connectivity index (χ0) is 15.2. The molecule has 0 radical (unpaired) electrons. The number of aryl methyl sites for hydroxylation is 1. The van der Waals surface area contributed by atoms with Crippen molar-refractivity contribution in [3.63, 3.8) is 0 Å². The van der Waals surface area contributed by atoms with Gasteiger partial charge in [0.05, 0.1) is 5.69 Å². The van der Waals surface area contributed by atoms with Crippen molar-refractivity contribution in [2.45, 2.75) is 13.3 Å². The number of thiophene rings is 1. The first-order valence-electron chi connectivity index (χ1n) is 6.42. The minimum Gasteiger partial charge on any atom is -0.351 e. The molecule has 6 heteroatoms. The first kappa shape index (κ1) is 15.2. The van der Waals surface area contributed by atoms with Gasteiger partial charge in [-0.25, -0.2) is 4.39 Å². The lowest BCUT2D eigenvalue weighted by molar-refractivity contribution is -0.116. The van der Waals surface area contributed by atoms with Crippen molar-refractivity contribution < 1.29 is 14.0 Å². The van der Waals surface area contributed by atoms with Crippen molar-refractivity contribution >= 4 is 28.8 Å². The van der Waals surface area contributed by atoms with Crippen LogP contribution in [0.3, 0.4) is 0 Å². The first-order chi connectivity index (χ1) is 10.1. The molecule has 0 bridgehead atoms. The molecule has 1 heterocycles. The molecule has 2 rings (SSSR count). The lowest BCUT2D eigenvalue weighted by Crippen LogP contribution is -2.27. The highest BCUT2D eigenvalue weighted by molar-refractivity contribution is 7.08. The Kier molecular flexibility index (Phi) is 5.05. The van der Waals surface area contributed by atoms with Gasteiger partial charge in [-0.05, 0) is 36.1 Å². The molecule has 21 heavy (non-hydrogen) atoms. The summed E-state index contributed by atoms with van der Waals surface area (Å²) in [5.41, 5.74) is 1.51. The van der Waals surface area contributed by atoms with E-state index in [4.69, 9.17) is 0 Å². The van der Waals surface area contributed by atoms with Crippen LogP contribution in [-0.4, -0.2) is 18.4 Å². The molecule has 2 aromatic rings. The van der Waals surface area contributed by atoms with E-state index in [0.29, 0.717) is 5.56 Å². The highest BCUT2D eigenvalue weighted by Crippen LogP contribution is 2.15. The second-order valence-electron chi connectivity index (χ2n) is 4.55. The summed E-state index contributed by atoms with van der Waals surface area (Å²) < 4.78 is 13.6. The summed E-state index contributed by atoms with van der Waals surface area (Å²) in [7, 11) is 0. The molecule has 2 amide bonds. The molecule has 0 saturated heterocycles. The summed E-state index contributed by atoms with van der Waals surface area (Å²) in [6.45, 7) is 1.97. The molecular weight excluding hydrogens is 291 g/mol. The summed E-state index contributed by atoms with van der Waals surface area (Å²) in [6, 6.07) is 6.30. The largest absolute Gasteiger partial charge is 0.351 e. The van der Waals surface area contributed by atoms with Crippen LogP contribution in [0.2, 0.25) is 0 Å². The number of hydrogen-bond acceptors (Lipinski definition) is 3. The fraction of sp³-hybridized carbons (Fsp3) is 0.200. The van der Waals surface area contributed by atoms with Crippen LogP contribution in [0.25, 0.3) is 0 Å². The molecule has 1 aromatic heterocycles. The maximum Gasteiger partial charge on any atom is 0.252 e. The van der Waals surface area contributed by atoms with Crippen molar-refractivity contribution in [2.24, 2.45) is 0 Å². The standard InChI is InChI=1S/C15H15FN2O2S/c1-10-2-3-13(12(16)8-10)18-14(19)4-6-17-15(20)11-5-7-21-9-11/h2-3,5,7-9H,4,6H2,1H3,(H,17,20)(H,18,19). The molecular formula is C15H15FN2O2S. The summed E-state index contributed by atoms with van der Waals surface area (Å²) >= 11 is 1.43. The van der Waals surface area contributed by atoms with Gasteiger partial charge in [0.2, 0.25) is 5.91 Å². The Labute approximate surface area is 126 Å². The van der Waals surface area contributed by atoms with Crippen LogP contribution in [0.4, 0.5) is 10.1 Å². The maximum atomic E-state index is 13.6. The van der Waals surface area contributed by atoms with Crippen molar-refractivity contribution in [1.82, 2.24) is 5.32 Å². The predicted octanol–water partition coefficient (Wildman–Crippen LogP) is 2.95. The maximum absolute atomic E-state index is 13.6. The van der Waals surface area contributed by atoms with Crippen LogP contribution in [-0.2, 0) is 4.79 Å². The van der Waals surface area contributed by atoms with E-state index in [1.807, 2.05) is 5.38 Å². The fourth-order valence-electron chi connectivity index (χ4n) is 1.72. The summed E-state index contributed by atoms with van der Waals surface area (Å²) in [5.74, 6) is -1.03. The number of anilines is 1. The molecule has 0 spiro atoms. The number of rotatable bonds is 5. The lowest BCUT2D eigenvalue weighted by atomic mass is 10.2. The zero-order valence-electron chi connectivity index (χ0n) is 11.5. The second-order valence-corrected chi connectivity index (χ2v) is 5.33. The number of carbonyl (C=O) groups excluding carboxylic acids is 2. The third-order valence-electron chi connectivity index (χ3n) is 2.82. The fourth-order valence-corrected chi connectivity index (χ4v) is 2.36. The molecule has 0 aliphatic rings. The Bertz CT molecular complexity index is 641. The van der Waals surface area contributed by atoms with Gasteiger partial charge in [0.25, 0.3) is 5.91 Å². The van der Waals surface area contributed by atoms with Gasteiger partial charge in [0.1, 0.15) is 5.82 Å². The van der Waals surface area contributed by atoms with Crippen molar-refractivity contribution in [3.8, 4) is 0 Å². The molecule has 0 saturated carbocycles. The van der Waals surface area contributed by atoms with E-state index in [1.54, 1.807) is 24.4 Å². The average molecular weight is 306 g/mol. The van der Waals surface area contributed by atoms with Crippen LogP contribution in [0.15, 0.2) is 35.0 Å². The van der Waals surface area contributed by atoms with E-state index in [-0.39, 0.29) is 30.5 Å². The SMILES string of the molecule is Cc1ccc(NC(=O)CCNC(=O)c2ccsc2)c(F)c1. The van der Waals surface area contributed by atoms with Crippen LogP contribution >= 0.6 is 11.3 Å². The number of carbonyl (C=O) groups is 2. The average Bonchev–Trinajstić information content (AvgIpc) is 2.96. The Morgan fingerprint density at radius 3 is 2.76 bits per heavy atom. The van der Waals surface area contributed by atoms with Crippen LogP contribution in [0, 0.1) is 12.7 Å². The van der Waals surface area contributed by atoms with Gasteiger partial charge in [0.15, 0.2) is 0 Å². The van der Waals surface area contributed by atoms with E-state index < -0.39 is 5.82 Å². The van der Waals surface area contributed by atoms with Gasteiger partial charge in [-0.3, -0.25) is 9.59 Å². The minimum absolute atomic E-state index is 0.0865. The monoisotopic (exact) mass is 306 g/mol. The zero-order valence-corrected chi connectivity index (χ0v) is 12.3. The molecule has 0 fully saturated rings. The van der Waals surface area contributed by atoms with E-state index in [9.17, 15) is 14.0 Å². The third kappa shape index (κ3) is 4.39. The van der Waals surface area contributed by atoms with Gasteiger partial charge >= 0.3 is 0 Å². The molecule has 4 nitrogen and oxygen atoms in total. The smallest absolute Gasteiger partial charge is 0.252 e. The van der Waals surface area contributed by atoms with Gasteiger partial charge in [-0.1, -0.05) is 6.07 Å². The molecule has 0 aliphatic heterocycles. The Hall–Kier alpha value is -2.21. The van der Waals surface area contributed by atoms with Crippen molar-refractivity contribution in [1.29, 1.82) is 0 Å². The number of hydrogen-bond donors (Lipinski definition) is 2. The minimum atomic E-state index is -0.467. The third-order valence-corrected chi connectivity index (χ3v) is 3.50. The van der Waals surface area contributed by atoms with E-state index in [0.717, 1.165) is 5.56 Å². The summed E-state index contributed by atoms with van der Waals surface area (Å²) in [4.78, 5) is 23.3. The Morgan fingerprint density at radius 2 is 2.10 bits per heavy atom. The van der Waals surface area contributed by atoms with Crippen LogP contribution < -0.4 is 10.6 Å². The summed E-state index contributed by atoms with van der Waals surface area (Å²) in [6.07, 6.45) is 0.0865. The number of benzene rings is 1. The van der Waals surface area contributed by atoms with Gasteiger partial charge < -0.3 is 10.6 Å². The van der Waals surface area contributed by atoms with E-state index in [2.05, 4.69) is 10.6 Å². The second kappa shape index (κ2) is 6.99. The number of amides is 2.